The first-order valence-electron chi connectivity index (χ1n) is 6.83. The van der Waals surface area contributed by atoms with Crippen molar-refractivity contribution in [1.29, 1.82) is 0 Å². The molecule has 1 amide bonds. The molecule has 1 atom stereocenters. The second-order valence-corrected chi connectivity index (χ2v) is 7.11. The lowest BCUT2D eigenvalue weighted by Gasteiger charge is -2.25. The van der Waals surface area contributed by atoms with Crippen LogP contribution in [-0.4, -0.2) is 36.2 Å². The minimum atomic E-state index is -5.25. The summed E-state index contributed by atoms with van der Waals surface area (Å²) in [6, 6.07) is 9.46. The van der Waals surface area contributed by atoms with E-state index in [-0.39, 0.29) is 11.8 Å². The highest BCUT2D eigenvalue weighted by Gasteiger charge is 2.56. The van der Waals surface area contributed by atoms with Crippen molar-refractivity contribution in [2.45, 2.75) is 28.5 Å². The van der Waals surface area contributed by atoms with Crippen molar-refractivity contribution in [2.24, 2.45) is 0 Å². The van der Waals surface area contributed by atoms with Crippen LogP contribution in [0.25, 0.3) is 0 Å². The van der Waals surface area contributed by atoms with Crippen molar-refractivity contribution >= 4 is 21.6 Å². The summed E-state index contributed by atoms with van der Waals surface area (Å²) in [4.78, 5) is 14.8. The Morgan fingerprint density at radius 1 is 1.12 bits per heavy atom. The SMILES string of the molecule is CC(O)(C(=O)Nc1ncccc1S(=O)(=O)c1ccccc1)C(F)(F)F. The fourth-order valence-corrected chi connectivity index (χ4v) is 3.17. The molecule has 2 rings (SSSR count). The molecule has 0 saturated heterocycles. The number of aliphatic hydroxyl groups is 1. The third kappa shape index (κ3) is 3.64. The fourth-order valence-electron chi connectivity index (χ4n) is 1.79. The number of rotatable bonds is 4. The van der Waals surface area contributed by atoms with E-state index in [1.165, 1.54) is 30.3 Å². The number of halogens is 3. The topological polar surface area (TPSA) is 96.4 Å². The van der Waals surface area contributed by atoms with Gasteiger partial charge >= 0.3 is 6.18 Å². The van der Waals surface area contributed by atoms with Crippen molar-refractivity contribution in [3.8, 4) is 0 Å². The number of sulfone groups is 1. The van der Waals surface area contributed by atoms with Crippen LogP contribution in [0.15, 0.2) is 58.5 Å². The number of nitrogens with zero attached hydrogens (tertiary/aromatic N) is 1. The average Bonchev–Trinajstić information content (AvgIpc) is 2.55. The van der Waals surface area contributed by atoms with E-state index in [9.17, 15) is 31.5 Å². The van der Waals surface area contributed by atoms with Crippen LogP contribution in [0.3, 0.4) is 0 Å². The molecule has 0 bridgehead atoms. The zero-order valence-corrected chi connectivity index (χ0v) is 13.6. The van der Waals surface area contributed by atoms with Crippen LogP contribution in [0.4, 0.5) is 19.0 Å². The van der Waals surface area contributed by atoms with Gasteiger partial charge < -0.3 is 10.4 Å². The molecule has 1 heterocycles. The molecule has 25 heavy (non-hydrogen) atoms. The van der Waals surface area contributed by atoms with Gasteiger partial charge in [0.15, 0.2) is 5.82 Å². The molecule has 1 unspecified atom stereocenters. The first-order valence-corrected chi connectivity index (χ1v) is 8.32. The third-order valence-corrected chi connectivity index (χ3v) is 5.14. The Morgan fingerprint density at radius 2 is 1.72 bits per heavy atom. The van der Waals surface area contributed by atoms with Gasteiger partial charge in [-0.1, -0.05) is 18.2 Å². The van der Waals surface area contributed by atoms with E-state index in [0.717, 1.165) is 12.3 Å². The molecule has 0 aliphatic heterocycles. The van der Waals surface area contributed by atoms with Crippen LogP contribution in [0.1, 0.15) is 6.92 Å². The van der Waals surface area contributed by atoms with E-state index in [2.05, 4.69) is 4.98 Å². The summed E-state index contributed by atoms with van der Waals surface area (Å²) >= 11 is 0. The van der Waals surface area contributed by atoms with Gasteiger partial charge in [0.1, 0.15) is 4.90 Å². The Morgan fingerprint density at radius 3 is 2.28 bits per heavy atom. The number of aromatic nitrogens is 1. The van der Waals surface area contributed by atoms with Gasteiger partial charge in [0.25, 0.3) is 5.91 Å². The van der Waals surface area contributed by atoms with Crippen molar-refractivity contribution < 1.29 is 31.5 Å². The van der Waals surface area contributed by atoms with Crippen LogP contribution in [0.5, 0.6) is 0 Å². The average molecular weight is 374 g/mol. The molecule has 2 N–H and O–H groups in total. The predicted molar refractivity (Wildman–Crippen MR) is 81.4 cm³/mol. The molecule has 0 fully saturated rings. The molecule has 2 aromatic rings. The largest absolute Gasteiger partial charge is 0.426 e. The minimum absolute atomic E-state index is 0.124. The molecule has 0 radical (unpaired) electrons. The Balaban J connectivity index is 2.45. The van der Waals surface area contributed by atoms with Gasteiger partial charge in [-0.3, -0.25) is 4.79 Å². The second-order valence-electron chi connectivity index (χ2n) is 5.19. The molecule has 0 aliphatic rings. The maximum atomic E-state index is 12.7. The fraction of sp³-hybridized carbons (Fsp3) is 0.200. The Bertz CT molecular complexity index is 881. The van der Waals surface area contributed by atoms with Crippen molar-refractivity contribution in [3.63, 3.8) is 0 Å². The van der Waals surface area contributed by atoms with Crippen molar-refractivity contribution in [3.05, 3.63) is 48.7 Å². The van der Waals surface area contributed by atoms with Gasteiger partial charge in [-0.2, -0.15) is 13.2 Å². The van der Waals surface area contributed by atoms with Crippen LogP contribution in [0, 0.1) is 0 Å². The Hall–Kier alpha value is -2.46. The maximum absolute atomic E-state index is 12.7. The minimum Gasteiger partial charge on any atom is -0.373 e. The Kier molecular flexibility index (Phi) is 4.87. The second kappa shape index (κ2) is 6.45. The van der Waals surface area contributed by atoms with E-state index in [1.807, 2.05) is 0 Å². The number of anilines is 1. The van der Waals surface area contributed by atoms with Gasteiger partial charge in [-0.05, 0) is 31.2 Å². The first kappa shape index (κ1) is 18.9. The smallest absolute Gasteiger partial charge is 0.373 e. The van der Waals surface area contributed by atoms with E-state index < -0.39 is 38.2 Å². The highest BCUT2D eigenvalue weighted by molar-refractivity contribution is 7.91. The lowest BCUT2D eigenvalue weighted by molar-refractivity contribution is -0.242. The number of carbonyl (C=O) groups excluding carboxylic acids is 1. The standard InChI is InChI=1S/C15H13F3N2O4S/c1-14(22,15(16,17)18)13(21)20-12-11(8-5-9-19-12)25(23,24)10-6-3-2-4-7-10/h2-9,22H,1H3,(H,19,20,21). The lowest BCUT2D eigenvalue weighted by atomic mass is 10.1. The Labute approximate surface area is 141 Å². The van der Waals surface area contributed by atoms with Crippen molar-refractivity contribution in [2.75, 3.05) is 5.32 Å². The maximum Gasteiger partial charge on any atom is 0.426 e. The van der Waals surface area contributed by atoms with Gasteiger partial charge in [0.2, 0.25) is 15.4 Å². The van der Waals surface area contributed by atoms with Crippen LogP contribution in [0.2, 0.25) is 0 Å². The zero-order valence-electron chi connectivity index (χ0n) is 12.8. The summed E-state index contributed by atoms with van der Waals surface area (Å²) < 4.78 is 63.4. The number of amides is 1. The van der Waals surface area contributed by atoms with Gasteiger partial charge in [-0.25, -0.2) is 13.4 Å². The monoisotopic (exact) mass is 374 g/mol. The highest BCUT2D eigenvalue weighted by atomic mass is 32.2. The lowest BCUT2D eigenvalue weighted by Crippen LogP contribution is -2.52. The van der Waals surface area contributed by atoms with Gasteiger partial charge in [-0.15, -0.1) is 0 Å². The molecule has 0 spiro atoms. The molecule has 1 aromatic heterocycles. The summed E-state index contributed by atoms with van der Waals surface area (Å²) in [6.45, 7) is 0.261. The first-order chi connectivity index (χ1) is 11.5. The summed E-state index contributed by atoms with van der Waals surface area (Å²) in [5.41, 5.74) is -3.71. The number of hydrogen-bond donors (Lipinski definition) is 2. The molecule has 10 heteroatoms. The molecule has 0 saturated carbocycles. The van der Waals surface area contributed by atoms with Gasteiger partial charge in [0, 0.05) is 6.20 Å². The number of carbonyl (C=O) groups is 1. The van der Waals surface area contributed by atoms with E-state index in [1.54, 1.807) is 11.4 Å². The van der Waals surface area contributed by atoms with Crippen LogP contribution < -0.4 is 5.32 Å². The number of nitrogens with one attached hydrogen (secondary N) is 1. The summed E-state index contributed by atoms with van der Waals surface area (Å²) in [5.74, 6) is -2.45. The number of hydrogen-bond acceptors (Lipinski definition) is 5. The van der Waals surface area contributed by atoms with E-state index in [0.29, 0.717) is 0 Å². The molecule has 134 valence electrons. The summed E-state index contributed by atoms with van der Waals surface area (Å²) in [6.07, 6.45) is -4.15. The van der Waals surface area contributed by atoms with Crippen LogP contribution in [-0.2, 0) is 14.6 Å². The van der Waals surface area contributed by atoms with E-state index >= 15 is 0 Å². The van der Waals surface area contributed by atoms with Crippen molar-refractivity contribution in [1.82, 2.24) is 4.98 Å². The van der Waals surface area contributed by atoms with Gasteiger partial charge in [0.05, 0.1) is 4.90 Å². The normalized spacial score (nSPS) is 14.6. The van der Waals surface area contributed by atoms with Crippen LogP contribution >= 0.6 is 0 Å². The number of pyridine rings is 1. The summed E-state index contributed by atoms with van der Waals surface area (Å²) in [5, 5.41) is 11.1. The molecule has 0 aliphatic carbocycles. The third-order valence-electron chi connectivity index (χ3n) is 3.34. The highest BCUT2D eigenvalue weighted by Crippen LogP contribution is 2.32. The predicted octanol–water partition coefficient (Wildman–Crippen LogP) is 2.17. The molecule has 1 aromatic carbocycles. The number of benzene rings is 1. The summed E-state index contributed by atoms with van der Waals surface area (Å²) in [7, 11) is -4.14. The van der Waals surface area contributed by atoms with E-state index in [4.69, 9.17) is 0 Å². The quantitative estimate of drug-likeness (QED) is 0.855. The molecule has 6 nitrogen and oxygen atoms in total. The molecular formula is C15H13F3N2O4S. The molecular weight excluding hydrogens is 361 g/mol. The zero-order chi connectivity index (χ0) is 18.9. The number of alkyl halides is 3.